The molecule has 0 aromatic heterocycles. The Hall–Kier alpha value is -0.393. The van der Waals surface area contributed by atoms with Crippen LogP contribution in [0.1, 0.15) is 34.1 Å². The van der Waals surface area contributed by atoms with Crippen LogP contribution in [0, 0.1) is 5.92 Å². The molecule has 4 nitrogen and oxygen atoms in total. The first-order valence-corrected chi connectivity index (χ1v) is 10.6. The van der Waals surface area contributed by atoms with Gasteiger partial charge >= 0.3 is 5.97 Å². The van der Waals surface area contributed by atoms with E-state index in [4.69, 9.17) is 4.74 Å². The van der Waals surface area contributed by atoms with Crippen LogP contribution in [0.3, 0.4) is 0 Å². The molecule has 1 rings (SSSR count). The molecule has 0 aromatic rings. The molecule has 1 unspecified atom stereocenters. The summed E-state index contributed by atoms with van der Waals surface area (Å²) in [5.74, 6) is -0.145. The lowest BCUT2D eigenvalue weighted by atomic mass is 10.1. The molecule has 1 atom stereocenters. The predicted molar refractivity (Wildman–Crippen MR) is 86.1 cm³/mol. The Morgan fingerprint density at radius 2 is 1.90 bits per heavy atom. The van der Waals surface area contributed by atoms with Crippen LogP contribution in [-0.2, 0) is 9.53 Å². The zero-order valence-corrected chi connectivity index (χ0v) is 15.3. The second kappa shape index (κ2) is 6.58. The molecule has 0 aromatic carbocycles. The molecule has 20 heavy (non-hydrogen) atoms. The van der Waals surface area contributed by atoms with E-state index in [0.29, 0.717) is 5.04 Å². The van der Waals surface area contributed by atoms with E-state index in [-0.39, 0.29) is 11.9 Å². The first kappa shape index (κ1) is 17.7. The summed E-state index contributed by atoms with van der Waals surface area (Å²) in [4.78, 5) is 14.0. The van der Waals surface area contributed by atoms with Crippen LogP contribution < -0.4 is 0 Å². The van der Waals surface area contributed by atoms with Gasteiger partial charge in [0, 0.05) is 19.8 Å². The fraction of sp³-hybridized carbons (Fsp3) is 0.933. The van der Waals surface area contributed by atoms with Gasteiger partial charge in [-0.3, -0.25) is 9.69 Å². The maximum atomic E-state index is 11.6. The van der Waals surface area contributed by atoms with Gasteiger partial charge in [-0.25, -0.2) is 0 Å². The standard InChI is InChI=1S/C15H32N2O2Si/c1-13(14(18)19-5)11-16-9-8-10-17(12-16)20(6,7)15(2,3)4/h13H,8-12H2,1-7H3. The summed E-state index contributed by atoms with van der Waals surface area (Å²) in [5.41, 5.74) is 0. The lowest BCUT2D eigenvalue weighted by Gasteiger charge is -2.50. The molecule has 0 radical (unpaired) electrons. The third-order valence-corrected chi connectivity index (χ3v) is 10.7. The number of nitrogens with zero attached hydrogens (tertiary/aromatic N) is 2. The molecule has 0 spiro atoms. The van der Waals surface area contributed by atoms with Crippen LogP contribution in [0.25, 0.3) is 0 Å². The third kappa shape index (κ3) is 4.05. The molecule has 0 saturated carbocycles. The highest BCUT2D eigenvalue weighted by Crippen LogP contribution is 2.39. The van der Waals surface area contributed by atoms with Crippen LogP contribution in [0.4, 0.5) is 0 Å². The molecule has 0 amide bonds. The number of hydrogen-bond acceptors (Lipinski definition) is 4. The van der Waals surface area contributed by atoms with Gasteiger partial charge in [-0.15, -0.1) is 0 Å². The minimum absolute atomic E-state index is 0.0423. The number of hydrogen-bond donors (Lipinski definition) is 0. The van der Waals surface area contributed by atoms with Crippen molar-refractivity contribution in [1.29, 1.82) is 0 Å². The van der Waals surface area contributed by atoms with E-state index in [1.807, 2.05) is 6.92 Å². The molecule has 0 bridgehead atoms. The highest BCUT2D eigenvalue weighted by atomic mass is 28.3. The molecular formula is C15H32N2O2Si. The van der Waals surface area contributed by atoms with Crippen molar-refractivity contribution in [2.75, 3.05) is 33.4 Å². The predicted octanol–water partition coefficient (Wildman–Crippen LogP) is 2.77. The second-order valence-electron chi connectivity index (χ2n) is 7.57. The SMILES string of the molecule is COC(=O)C(C)CN1CCCN([Si](C)(C)C(C)(C)C)C1. The molecule has 118 valence electrons. The molecule has 5 heteroatoms. The molecule has 1 aliphatic heterocycles. The van der Waals surface area contributed by atoms with Crippen LogP contribution in [0.2, 0.25) is 18.1 Å². The minimum Gasteiger partial charge on any atom is -0.469 e. The van der Waals surface area contributed by atoms with Crippen LogP contribution >= 0.6 is 0 Å². The van der Waals surface area contributed by atoms with Crippen molar-refractivity contribution in [3.8, 4) is 0 Å². The summed E-state index contributed by atoms with van der Waals surface area (Å²) in [6.07, 6.45) is 1.19. The maximum Gasteiger partial charge on any atom is 0.309 e. The number of esters is 1. The van der Waals surface area contributed by atoms with Crippen molar-refractivity contribution < 1.29 is 9.53 Å². The van der Waals surface area contributed by atoms with Gasteiger partial charge in [0.25, 0.3) is 0 Å². The van der Waals surface area contributed by atoms with E-state index in [0.717, 1.165) is 19.8 Å². The normalized spacial score (nSPS) is 20.8. The number of rotatable bonds is 4. The lowest BCUT2D eigenvalue weighted by Crippen LogP contribution is -2.61. The van der Waals surface area contributed by atoms with Crippen molar-refractivity contribution in [2.24, 2.45) is 5.92 Å². The van der Waals surface area contributed by atoms with Gasteiger partial charge in [0.05, 0.1) is 13.0 Å². The maximum absolute atomic E-state index is 11.6. The minimum atomic E-state index is -1.46. The average molecular weight is 301 g/mol. The number of carbonyl (C=O) groups excluding carboxylic acids is 1. The fourth-order valence-corrected chi connectivity index (χ4v) is 4.83. The quantitative estimate of drug-likeness (QED) is 0.590. The summed E-state index contributed by atoms with van der Waals surface area (Å²) in [5, 5.41) is 0.365. The van der Waals surface area contributed by atoms with E-state index >= 15 is 0 Å². The van der Waals surface area contributed by atoms with E-state index in [2.05, 4.69) is 43.3 Å². The van der Waals surface area contributed by atoms with Gasteiger partial charge in [0.1, 0.15) is 8.24 Å². The largest absolute Gasteiger partial charge is 0.469 e. The topological polar surface area (TPSA) is 32.8 Å². The van der Waals surface area contributed by atoms with Gasteiger partial charge in [0.2, 0.25) is 0 Å². The van der Waals surface area contributed by atoms with Crippen LogP contribution in [-0.4, -0.2) is 57.1 Å². The first-order chi connectivity index (χ1) is 9.09. The summed E-state index contributed by atoms with van der Waals surface area (Å²) >= 11 is 0. The van der Waals surface area contributed by atoms with E-state index in [1.165, 1.54) is 20.1 Å². The Labute approximate surface area is 125 Å². The van der Waals surface area contributed by atoms with E-state index in [1.54, 1.807) is 0 Å². The summed E-state index contributed by atoms with van der Waals surface area (Å²) < 4.78 is 7.51. The number of carbonyl (C=O) groups is 1. The van der Waals surface area contributed by atoms with E-state index in [9.17, 15) is 4.79 Å². The number of methoxy groups -OCH3 is 1. The fourth-order valence-electron chi connectivity index (χ4n) is 2.61. The zero-order valence-electron chi connectivity index (χ0n) is 14.3. The zero-order chi connectivity index (χ0) is 15.6. The molecule has 0 aliphatic carbocycles. The monoisotopic (exact) mass is 300 g/mol. The van der Waals surface area contributed by atoms with E-state index < -0.39 is 8.24 Å². The molecule has 1 fully saturated rings. The van der Waals surface area contributed by atoms with Crippen molar-refractivity contribution in [3.63, 3.8) is 0 Å². The van der Waals surface area contributed by atoms with Gasteiger partial charge < -0.3 is 9.30 Å². The van der Waals surface area contributed by atoms with Crippen LogP contribution in [0.15, 0.2) is 0 Å². The summed E-state index contributed by atoms with van der Waals surface area (Å²) in [7, 11) is 0.0123. The first-order valence-electron chi connectivity index (χ1n) is 7.65. The summed E-state index contributed by atoms with van der Waals surface area (Å²) in [6.45, 7) is 18.0. The van der Waals surface area contributed by atoms with Gasteiger partial charge in [-0.1, -0.05) is 40.8 Å². The third-order valence-electron chi connectivity index (χ3n) is 5.03. The molecule has 1 saturated heterocycles. The smallest absolute Gasteiger partial charge is 0.309 e. The summed E-state index contributed by atoms with van der Waals surface area (Å²) in [6, 6.07) is 0. The molecule has 1 heterocycles. The van der Waals surface area contributed by atoms with Gasteiger partial charge in [-0.05, 0) is 18.0 Å². The molecule has 1 aliphatic rings. The Kier molecular flexibility index (Phi) is 5.81. The van der Waals surface area contributed by atoms with Gasteiger partial charge in [0.15, 0.2) is 0 Å². The molecule has 0 N–H and O–H groups in total. The second-order valence-corrected chi connectivity index (χ2v) is 12.8. The highest BCUT2D eigenvalue weighted by molar-refractivity contribution is 6.77. The van der Waals surface area contributed by atoms with Crippen LogP contribution in [0.5, 0.6) is 0 Å². The lowest BCUT2D eigenvalue weighted by molar-refractivity contribution is -0.145. The number of ether oxygens (including phenoxy) is 1. The Morgan fingerprint density at radius 3 is 2.40 bits per heavy atom. The van der Waals surface area contributed by atoms with Crippen molar-refractivity contribution >= 4 is 14.2 Å². The Balaban J connectivity index is 2.66. The Morgan fingerprint density at radius 1 is 1.30 bits per heavy atom. The average Bonchev–Trinajstić information content (AvgIpc) is 2.36. The van der Waals surface area contributed by atoms with Crippen molar-refractivity contribution in [1.82, 2.24) is 9.47 Å². The van der Waals surface area contributed by atoms with Crippen molar-refractivity contribution in [2.45, 2.75) is 52.2 Å². The van der Waals surface area contributed by atoms with Crippen molar-refractivity contribution in [3.05, 3.63) is 0 Å². The highest BCUT2D eigenvalue weighted by Gasteiger charge is 2.42. The molecular weight excluding hydrogens is 268 g/mol. The Bertz CT molecular complexity index is 339. The van der Waals surface area contributed by atoms with Gasteiger partial charge in [-0.2, -0.15) is 0 Å².